The van der Waals surface area contributed by atoms with Crippen molar-refractivity contribution in [3.63, 3.8) is 0 Å². The lowest BCUT2D eigenvalue weighted by molar-refractivity contribution is -0.384. The van der Waals surface area contributed by atoms with Crippen LogP contribution in [0.1, 0.15) is 29.6 Å². The van der Waals surface area contributed by atoms with Crippen molar-refractivity contribution in [2.75, 3.05) is 32.6 Å². The molecule has 0 unspecified atom stereocenters. The van der Waals surface area contributed by atoms with Crippen LogP contribution >= 0.6 is 0 Å². The molecule has 116 valence electrons. The number of nitrogens with zero attached hydrogens (tertiary/aromatic N) is 1. The number of carbonyl (C=O) groups is 1. The maximum Gasteiger partial charge on any atom is 0.305 e. The lowest BCUT2D eigenvalue weighted by Crippen LogP contribution is -2.25. The number of para-hydroxylation sites is 1. The van der Waals surface area contributed by atoms with Crippen LogP contribution in [-0.4, -0.2) is 38.1 Å². The zero-order chi connectivity index (χ0) is 15.7. The second-order valence-electron chi connectivity index (χ2n) is 4.52. The van der Waals surface area contributed by atoms with Crippen molar-refractivity contribution in [3.05, 3.63) is 33.9 Å². The average molecular weight is 295 g/mol. The van der Waals surface area contributed by atoms with Crippen LogP contribution < -0.4 is 10.6 Å². The number of nitro benzene ring substituents is 1. The Morgan fingerprint density at radius 3 is 2.71 bits per heavy atom. The van der Waals surface area contributed by atoms with E-state index in [1.165, 1.54) is 6.07 Å². The van der Waals surface area contributed by atoms with Crippen molar-refractivity contribution in [3.8, 4) is 0 Å². The summed E-state index contributed by atoms with van der Waals surface area (Å²) in [6.45, 7) is 1.19. The smallest absolute Gasteiger partial charge is 0.305 e. The first-order valence-electron chi connectivity index (χ1n) is 6.84. The molecule has 1 rings (SSSR count). The normalized spacial score (nSPS) is 10.2. The second-order valence-corrected chi connectivity index (χ2v) is 4.52. The van der Waals surface area contributed by atoms with E-state index in [1.807, 2.05) is 0 Å². The van der Waals surface area contributed by atoms with Gasteiger partial charge in [-0.25, -0.2) is 0 Å². The summed E-state index contributed by atoms with van der Waals surface area (Å²) < 4.78 is 4.94. The van der Waals surface area contributed by atoms with E-state index in [4.69, 9.17) is 4.74 Å². The summed E-state index contributed by atoms with van der Waals surface area (Å²) in [6.07, 6.45) is 2.68. The van der Waals surface area contributed by atoms with Crippen LogP contribution in [0.4, 0.5) is 11.4 Å². The number of hydrogen-bond acceptors (Lipinski definition) is 5. The number of unbranched alkanes of at least 4 members (excludes halogenated alkanes) is 2. The Bertz CT molecular complexity index is 491. The lowest BCUT2D eigenvalue weighted by Gasteiger charge is -2.08. The lowest BCUT2D eigenvalue weighted by atomic mass is 10.1. The van der Waals surface area contributed by atoms with Crippen LogP contribution in [0.3, 0.4) is 0 Å². The Hall–Kier alpha value is -2.15. The molecule has 1 aromatic carbocycles. The van der Waals surface area contributed by atoms with E-state index in [9.17, 15) is 14.9 Å². The summed E-state index contributed by atoms with van der Waals surface area (Å²) in [5.74, 6) is -0.425. The van der Waals surface area contributed by atoms with Gasteiger partial charge in [0.2, 0.25) is 0 Å². The highest BCUT2D eigenvalue weighted by molar-refractivity contribution is 6.00. The average Bonchev–Trinajstić information content (AvgIpc) is 2.49. The Morgan fingerprint density at radius 2 is 2.10 bits per heavy atom. The quantitative estimate of drug-likeness (QED) is 0.414. The third-order valence-corrected chi connectivity index (χ3v) is 3.04. The highest BCUT2D eigenvalue weighted by Gasteiger charge is 2.23. The van der Waals surface area contributed by atoms with Crippen LogP contribution in [0.5, 0.6) is 0 Å². The van der Waals surface area contributed by atoms with Gasteiger partial charge in [-0.3, -0.25) is 14.9 Å². The third-order valence-electron chi connectivity index (χ3n) is 3.04. The van der Waals surface area contributed by atoms with Gasteiger partial charge in [0.1, 0.15) is 11.3 Å². The summed E-state index contributed by atoms with van der Waals surface area (Å²) >= 11 is 0. The molecule has 2 N–H and O–H groups in total. The first-order chi connectivity index (χ1) is 10.1. The standard InChI is InChI=1S/C14H21N3O4/c1-15-12-8-6-7-11(13(12)17(19)20)14(18)16-9-4-3-5-10-21-2/h6-8,15H,3-5,9-10H2,1-2H3,(H,16,18). The number of ether oxygens (including phenoxy) is 1. The highest BCUT2D eigenvalue weighted by atomic mass is 16.6. The number of rotatable bonds is 9. The largest absolute Gasteiger partial charge is 0.385 e. The Balaban J connectivity index is 2.64. The van der Waals surface area contributed by atoms with Crippen molar-refractivity contribution >= 4 is 17.3 Å². The van der Waals surface area contributed by atoms with Gasteiger partial charge in [-0.05, 0) is 31.4 Å². The number of anilines is 1. The molecule has 0 spiro atoms. The van der Waals surface area contributed by atoms with E-state index in [0.29, 0.717) is 18.8 Å². The number of nitro groups is 1. The molecule has 7 heteroatoms. The molecule has 0 aliphatic rings. The number of carbonyl (C=O) groups excluding carboxylic acids is 1. The Kier molecular flexibility index (Phi) is 7.17. The first kappa shape index (κ1) is 16.9. The van der Waals surface area contributed by atoms with Gasteiger partial charge in [-0.2, -0.15) is 0 Å². The zero-order valence-corrected chi connectivity index (χ0v) is 12.3. The van der Waals surface area contributed by atoms with E-state index < -0.39 is 10.8 Å². The predicted octanol–water partition coefficient (Wildman–Crippen LogP) is 2.18. The summed E-state index contributed by atoms with van der Waals surface area (Å²) in [6, 6.07) is 4.64. The van der Waals surface area contributed by atoms with E-state index in [-0.39, 0.29) is 11.3 Å². The van der Waals surface area contributed by atoms with Gasteiger partial charge in [0.15, 0.2) is 0 Å². The number of methoxy groups -OCH3 is 1. The molecule has 0 aliphatic heterocycles. The Labute approximate surface area is 123 Å². The molecule has 1 aromatic rings. The monoisotopic (exact) mass is 295 g/mol. The minimum Gasteiger partial charge on any atom is -0.385 e. The fourth-order valence-electron chi connectivity index (χ4n) is 1.97. The zero-order valence-electron chi connectivity index (χ0n) is 12.3. The molecule has 0 aromatic heterocycles. The Morgan fingerprint density at radius 1 is 1.33 bits per heavy atom. The van der Waals surface area contributed by atoms with Crippen molar-refractivity contribution in [1.29, 1.82) is 0 Å². The first-order valence-corrected chi connectivity index (χ1v) is 6.84. The highest BCUT2D eigenvalue weighted by Crippen LogP contribution is 2.28. The molecule has 0 bridgehead atoms. The van der Waals surface area contributed by atoms with Gasteiger partial charge in [0, 0.05) is 27.3 Å². The van der Waals surface area contributed by atoms with Crippen LogP contribution in [0.15, 0.2) is 18.2 Å². The third kappa shape index (κ3) is 5.03. The van der Waals surface area contributed by atoms with Crippen LogP contribution in [0, 0.1) is 10.1 Å². The fraction of sp³-hybridized carbons (Fsp3) is 0.500. The maximum atomic E-state index is 12.1. The molecule has 0 radical (unpaired) electrons. The summed E-state index contributed by atoms with van der Waals surface area (Å²) in [5, 5.41) is 16.6. The van der Waals surface area contributed by atoms with Gasteiger partial charge in [-0.1, -0.05) is 6.07 Å². The van der Waals surface area contributed by atoms with E-state index >= 15 is 0 Å². The molecule has 0 saturated carbocycles. The number of nitrogens with one attached hydrogen (secondary N) is 2. The van der Waals surface area contributed by atoms with Gasteiger partial charge in [0.25, 0.3) is 5.91 Å². The van der Waals surface area contributed by atoms with Crippen molar-refractivity contribution < 1.29 is 14.5 Å². The molecular weight excluding hydrogens is 274 g/mol. The van der Waals surface area contributed by atoms with E-state index in [1.54, 1.807) is 26.3 Å². The van der Waals surface area contributed by atoms with Gasteiger partial charge in [-0.15, -0.1) is 0 Å². The van der Waals surface area contributed by atoms with Crippen LogP contribution in [-0.2, 0) is 4.74 Å². The molecular formula is C14H21N3O4. The van der Waals surface area contributed by atoms with E-state index in [2.05, 4.69) is 10.6 Å². The maximum absolute atomic E-state index is 12.1. The minimum absolute atomic E-state index is 0.0729. The van der Waals surface area contributed by atoms with Crippen molar-refractivity contribution in [1.82, 2.24) is 5.32 Å². The summed E-state index contributed by atoms with van der Waals surface area (Å²) in [5.41, 5.74) is 0.202. The topological polar surface area (TPSA) is 93.5 Å². The summed E-state index contributed by atoms with van der Waals surface area (Å²) in [7, 11) is 3.23. The predicted molar refractivity (Wildman–Crippen MR) is 80.7 cm³/mol. The molecule has 21 heavy (non-hydrogen) atoms. The molecule has 7 nitrogen and oxygen atoms in total. The van der Waals surface area contributed by atoms with Crippen LogP contribution in [0.25, 0.3) is 0 Å². The van der Waals surface area contributed by atoms with Crippen molar-refractivity contribution in [2.45, 2.75) is 19.3 Å². The van der Waals surface area contributed by atoms with Crippen LogP contribution in [0.2, 0.25) is 0 Å². The number of hydrogen-bond donors (Lipinski definition) is 2. The molecule has 0 saturated heterocycles. The molecule has 0 heterocycles. The molecule has 1 amide bonds. The minimum atomic E-state index is -0.542. The number of amides is 1. The molecule has 0 aliphatic carbocycles. The summed E-state index contributed by atoms with van der Waals surface area (Å²) in [4.78, 5) is 22.6. The van der Waals surface area contributed by atoms with Gasteiger partial charge >= 0.3 is 5.69 Å². The SMILES string of the molecule is CNc1cccc(C(=O)NCCCCCOC)c1[N+](=O)[O-]. The van der Waals surface area contributed by atoms with Gasteiger partial charge in [0.05, 0.1) is 4.92 Å². The molecule has 0 fully saturated rings. The molecule has 0 atom stereocenters. The van der Waals surface area contributed by atoms with Crippen molar-refractivity contribution in [2.24, 2.45) is 0 Å². The number of benzene rings is 1. The second kappa shape index (κ2) is 8.91. The van der Waals surface area contributed by atoms with Gasteiger partial charge < -0.3 is 15.4 Å². The van der Waals surface area contributed by atoms with E-state index in [0.717, 1.165) is 19.3 Å². The fourth-order valence-corrected chi connectivity index (χ4v) is 1.97.